The molecule has 2 heterocycles. The first-order chi connectivity index (χ1) is 24.8. The topological polar surface area (TPSA) is 170 Å². The van der Waals surface area contributed by atoms with E-state index in [1.807, 2.05) is 41.8 Å². The number of fused-ring (bicyclic) bond motifs is 2. The molecule has 0 spiro atoms. The molecule has 0 aliphatic rings. The standard InChI is InChI=1S/C37H34ClN7O6/c1-23-29(30-18-25(21-46)6-15-33(30)45(23)22-50-28-11-7-26(38)8-12-28)20-35(48)40-17-3-2-16-39-34(47)19-24-4-9-27(10-5-24)41-31-13-14-32(42-49)37-36(31)43-51-44-37/h4-15,18,21,41H,2-3,16-17,19-20,22H2,1H3,(H,39,47)(H,40,48). The second kappa shape index (κ2) is 16.1. The molecule has 0 saturated carbocycles. The highest BCUT2D eigenvalue weighted by Crippen LogP contribution is 2.31. The Morgan fingerprint density at radius 3 is 2.31 bits per heavy atom. The van der Waals surface area contributed by atoms with E-state index in [0.29, 0.717) is 53.5 Å². The van der Waals surface area contributed by atoms with Crippen molar-refractivity contribution in [2.75, 3.05) is 18.4 Å². The number of benzene rings is 4. The van der Waals surface area contributed by atoms with Crippen molar-refractivity contribution in [1.82, 2.24) is 25.5 Å². The summed E-state index contributed by atoms with van der Waals surface area (Å²) in [6.45, 7) is 3.11. The van der Waals surface area contributed by atoms with Gasteiger partial charge in [-0.25, -0.2) is 4.63 Å². The maximum atomic E-state index is 13.0. The highest BCUT2D eigenvalue weighted by atomic mass is 35.5. The summed E-state index contributed by atoms with van der Waals surface area (Å²) in [4.78, 5) is 48.0. The zero-order valence-electron chi connectivity index (χ0n) is 27.6. The second-order valence-corrected chi connectivity index (χ2v) is 12.3. The number of aldehydes is 1. The molecular formula is C37H34ClN7O6. The number of rotatable bonds is 16. The van der Waals surface area contributed by atoms with Gasteiger partial charge in [-0.15, -0.1) is 4.91 Å². The van der Waals surface area contributed by atoms with Crippen molar-refractivity contribution in [3.63, 3.8) is 0 Å². The van der Waals surface area contributed by atoms with Crippen LogP contribution in [0.25, 0.3) is 21.9 Å². The molecule has 0 fully saturated rings. The fraction of sp³-hybridized carbons (Fsp3) is 0.216. The number of anilines is 2. The first-order valence-electron chi connectivity index (χ1n) is 16.3. The molecule has 51 heavy (non-hydrogen) atoms. The van der Waals surface area contributed by atoms with Crippen molar-refractivity contribution < 1.29 is 23.7 Å². The van der Waals surface area contributed by atoms with Crippen LogP contribution in [0, 0.1) is 11.8 Å². The highest BCUT2D eigenvalue weighted by molar-refractivity contribution is 6.30. The Kier molecular flexibility index (Phi) is 11.0. The number of hydrogen-bond acceptors (Lipinski definition) is 10. The van der Waals surface area contributed by atoms with Crippen molar-refractivity contribution in [3.8, 4) is 5.75 Å². The third-order valence-corrected chi connectivity index (χ3v) is 8.72. The Bertz CT molecular complexity index is 2200. The summed E-state index contributed by atoms with van der Waals surface area (Å²) >= 11 is 5.99. The number of halogens is 1. The summed E-state index contributed by atoms with van der Waals surface area (Å²) < 4.78 is 12.7. The van der Waals surface area contributed by atoms with Crippen LogP contribution < -0.4 is 20.7 Å². The van der Waals surface area contributed by atoms with Crippen LogP contribution in [0.4, 0.5) is 17.1 Å². The number of hydrogen-bond donors (Lipinski definition) is 3. The molecule has 0 aliphatic carbocycles. The Labute approximate surface area is 297 Å². The number of nitroso groups, excluding NO2 is 1. The summed E-state index contributed by atoms with van der Waals surface area (Å²) in [6, 6.07) is 23.1. The van der Waals surface area contributed by atoms with Crippen molar-refractivity contribution in [2.24, 2.45) is 5.18 Å². The van der Waals surface area contributed by atoms with Crippen LogP contribution in [0.2, 0.25) is 5.02 Å². The van der Waals surface area contributed by atoms with E-state index in [1.165, 1.54) is 6.07 Å². The van der Waals surface area contributed by atoms with Gasteiger partial charge in [0.15, 0.2) is 17.8 Å². The monoisotopic (exact) mass is 707 g/mol. The fourth-order valence-corrected chi connectivity index (χ4v) is 5.89. The van der Waals surface area contributed by atoms with E-state index in [2.05, 4.69) is 31.4 Å². The van der Waals surface area contributed by atoms with E-state index >= 15 is 0 Å². The molecule has 0 radical (unpaired) electrons. The largest absolute Gasteiger partial charge is 0.473 e. The van der Waals surface area contributed by atoms with Gasteiger partial charge in [0.2, 0.25) is 11.8 Å². The molecule has 4 aromatic carbocycles. The number of unbranched alkanes of at least 4 members (excludes halogenated alkanes) is 1. The van der Waals surface area contributed by atoms with Crippen LogP contribution in [0.3, 0.4) is 0 Å². The van der Waals surface area contributed by atoms with E-state index in [0.717, 1.165) is 39.7 Å². The minimum absolute atomic E-state index is 0.103. The van der Waals surface area contributed by atoms with Crippen LogP contribution in [0.5, 0.6) is 5.75 Å². The van der Waals surface area contributed by atoms with Crippen molar-refractivity contribution in [2.45, 2.75) is 39.3 Å². The minimum atomic E-state index is -0.133. The molecule has 2 amide bonds. The van der Waals surface area contributed by atoms with Crippen LogP contribution in [-0.2, 0) is 29.2 Å². The maximum absolute atomic E-state index is 13.0. The number of nitrogens with zero attached hydrogens (tertiary/aromatic N) is 4. The van der Waals surface area contributed by atoms with Gasteiger partial charge in [0.05, 0.1) is 24.0 Å². The van der Waals surface area contributed by atoms with Crippen molar-refractivity contribution in [1.29, 1.82) is 0 Å². The highest BCUT2D eigenvalue weighted by Gasteiger charge is 2.18. The molecule has 0 bridgehead atoms. The Balaban J connectivity index is 0.941. The first-order valence-corrected chi connectivity index (χ1v) is 16.6. The predicted octanol–water partition coefficient (Wildman–Crippen LogP) is 6.93. The van der Waals surface area contributed by atoms with Gasteiger partial charge < -0.3 is 25.3 Å². The number of aromatic nitrogens is 3. The molecule has 3 N–H and O–H groups in total. The number of amides is 2. The number of carbonyl (C=O) groups excluding carboxylic acids is 3. The van der Waals surface area contributed by atoms with Crippen LogP contribution in [0.15, 0.2) is 88.7 Å². The van der Waals surface area contributed by atoms with Gasteiger partial charge in [0.25, 0.3) is 0 Å². The zero-order chi connectivity index (χ0) is 35.7. The van der Waals surface area contributed by atoms with Crippen molar-refractivity contribution >= 4 is 68.7 Å². The summed E-state index contributed by atoms with van der Waals surface area (Å²) in [6.07, 6.45) is 2.55. The molecule has 260 valence electrons. The fourth-order valence-electron chi connectivity index (χ4n) is 5.77. The summed E-state index contributed by atoms with van der Waals surface area (Å²) in [5.41, 5.74) is 6.10. The Hall–Kier alpha value is -6.08. The van der Waals surface area contributed by atoms with Crippen LogP contribution in [0.1, 0.15) is 40.0 Å². The molecular weight excluding hydrogens is 674 g/mol. The third-order valence-electron chi connectivity index (χ3n) is 8.46. The van der Waals surface area contributed by atoms with E-state index in [1.54, 1.807) is 42.5 Å². The lowest BCUT2D eigenvalue weighted by Gasteiger charge is -2.11. The molecule has 0 saturated heterocycles. The lowest BCUT2D eigenvalue weighted by Crippen LogP contribution is -2.29. The lowest BCUT2D eigenvalue weighted by molar-refractivity contribution is -0.121. The zero-order valence-corrected chi connectivity index (χ0v) is 28.4. The van der Waals surface area contributed by atoms with E-state index in [-0.39, 0.29) is 42.6 Å². The van der Waals surface area contributed by atoms with Gasteiger partial charge in [0.1, 0.15) is 17.7 Å². The minimum Gasteiger partial charge on any atom is -0.473 e. The van der Waals surface area contributed by atoms with Gasteiger partial charge in [-0.3, -0.25) is 14.4 Å². The molecule has 0 atom stereocenters. The van der Waals surface area contributed by atoms with E-state index in [4.69, 9.17) is 21.0 Å². The van der Waals surface area contributed by atoms with Gasteiger partial charge >= 0.3 is 0 Å². The van der Waals surface area contributed by atoms with Gasteiger partial charge in [0, 0.05) is 40.4 Å². The van der Waals surface area contributed by atoms with Crippen molar-refractivity contribution in [3.05, 3.63) is 111 Å². The molecule has 13 nitrogen and oxygen atoms in total. The number of nitrogens with one attached hydrogen (secondary N) is 3. The quantitative estimate of drug-likeness (QED) is 0.0548. The SMILES string of the molecule is Cc1c(CC(=O)NCCCCNC(=O)Cc2ccc(Nc3ccc(N=O)c4nonc34)cc2)c2cc(C=O)ccc2n1COc1ccc(Cl)cc1. The summed E-state index contributed by atoms with van der Waals surface area (Å²) in [5.74, 6) is 0.426. The van der Waals surface area contributed by atoms with E-state index < -0.39 is 0 Å². The van der Waals surface area contributed by atoms with Crippen LogP contribution in [-0.4, -0.2) is 46.1 Å². The normalized spacial score (nSPS) is 11.0. The van der Waals surface area contributed by atoms with E-state index in [9.17, 15) is 19.3 Å². The average molecular weight is 708 g/mol. The second-order valence-electron chi connectivity index (χ2n) is 11.9. The Morgan fingerprint density at radius 1 is 0.902 bits per heavy atom. The molecule has 14 heteroatoms. The van der Waals surface area contributed by atoms with Gasteiger partial charge in [-0.05, 0) is 113 Å². The number of carbonyl (C=O) groups is 3. The third kappa shape index (κ3) is 8.39. The summed E-state index contributed by atoms with van der Waals surface area (Å²) in [5, 5.41) is 21.1. The number of ether oxygens (including phenoxy) is 1. The molecule has 0 aliphatic heterocycles. The smallest absolute Gasteiger partial charge is 0.224 e. The lowest BCUT2D eigenvalue weighted by atomic mass is 10.1. The predicted molar refractivity (Wildman–Crippen MR) is 194 cm³/mol. The Morgan fingerprint density at radius 2 is 1.61 bits per heavy atom. The average Bonchev–Trinajstić information content (AvgIpc) is 3.73. The van der Waals surface area contributed by atoms with Gasteiger partial charge in [-0.1, -0.05) is 23.7 Å². The molecule has 6 aromatic rings. The summed E-state index contributed by atoms with van der Waals surface area (Å²) in [7, 11) is 0. The van der Waals surface area contributed by atoms with Crippen LogP contribution >= 0.6 is 11.6 Å². The molecule has 6 rings (SSSR count). The maximum Gasteiger partial charge on any atom is 0.224 e. The van der Waals surface area contributed by atoms with Gasteiger partial charge in [-0.2, -0.15) is 0 Å². The molecule has 0 unspecified atom stereocenters. The first kappa shape index (κ1) is 34.8. The molecule has 2 aromatic heterocycles.